The minimum atomic E-state index is -0.286. The largest absolute Gasteiger partial charge is 0.308 e. The van der Waals surface area contributed by atoms with Crippen molar-refractivity contribution in [3.63, 3.8) is 0 Å². The van der Waals surface area contributed by atoms with Crippen molar-refractivity contribution in [3.8, 4) is 0 Å². The van der Waals surface area contributed by atoms with E-state index in [4.69, 9.17) is 11.6 Å². The predicted molar refractivity (Wildman–Crippen MR) is 83.7 cm³/mol. The fraction of sp³-hybridized carbons (Fsp3) is 0.118. The summed E-state index contributed by atoms with van der Waals surface area (Å²) in [5.41, 5.74) is 2.68. The highest BCUT2D eigenvalue weighted by Gasteiger charge is 2.04. The molecule has 0 aliphatic heterocycles. The first-order chi connectivity index (χ1) is 10.2. The lowest BCUT2D eigenvalue weighted by atomic mass is 10.1. The summed E-state index contributed by atoms with van der Waals surface area (Å²) >= 11 is 5.74. The van der Waals surface area contributed by atoms with E-state index in [1.165, 1.54) is 6.07 Å². The fourth-order valence-electron chi connectivity index (χ4n) is 2.31. The lowest BCUT2D eigenvalue weighted by Crippen LogP contribution is -2.14. The first-order valence-electron chi connectivity index (χ1n) is 6.71. The van der Waals surface area contributed by atoms with Gasteiger partial charge < -0.3 is 5.32 Å². The van der Waals surface area contributed by atoms with Gasteiger partial charge in [0.15, 0.2) is 0 Å². The highest BCUT2D eigenvalue weighted by atomic mass is 35.5. The number of hydrogen-bond donors (Lipinski definition) is 1. The van der Waals surface area contributed by atoms with E-state index in [-0.39, 0.29) is 5.82 Å². The van der Waals surface area contributed by atoms with Gasteiger partial charge in [-0.25, -0.2) is 4.39 Å². The van der Waals surface area contributed by atoms with Crippen molar-refractivity contribution in [2.45, 2.75) is 13.1 Å². The Morgan fingerprint density at radius 1 is 1.00 bits per heavy atom. The standard InChI is InChI=1S/C17H14ClFN2/c18-15-7-6-13(16(19)9-15)10-20-11-14-4-1-3-12-5-2-8-21-17(12)14/h1-9,20H,10-11H2. The molecule has 2 aromatic carbocycles. The molecule has 2 nitrogen and oxygen atoms in total. The Morgan fingerprint density at radius 2 is 1.81 bits per heavy atom. The monoisotopic (exact) mass is 300 g/mol. The van der Waals surface area contributed by atoms with E-state index in [0.717, 1.165) is 16.5 Å². The molecule has 106 valence electrons. The summed E-state index contributed by atoms with van der Waals surface area (Å²) in [5.74, 6) is -0.286. The molecule has 3 rings (SSSR count). The third-order valence-corrected chi connectivity index (χ3v) is 3.60. The van der Waals surface area contributed by atoms with Crippen LogP contribution in [-0.2, 0) is 13.1 Å². The van der Waals surface area contributed by atoms with E-state index in [0.29, 0.717) is 23.7 Å². The molecule has 1 aromatic heterocycles. The van der Waals surface area contributed by atoms with Crippen LogP contribution in [0, 0.1) is 5.82 Å². The van der Waals surface area contributed by atoms with Crippen LogP contribution in [0.2, 0.25) is 5.02 Å². The second-order valence-electron chi connectivity index (χ2n) is 4.83. The Balaban J connectivity index is 1.72. The highest BCUT2D eigenvalue weighted by molar-refractivity contribution is 6.30. The van der Waals surface area contributed by atoms with Crippen molar-refractivity contribution in [1.82, 2.24) is 10.3 Å². The smallest absolute Gasteiger partial charge is 0.129 e. The van der Waals surface area contributed by atoms with Gasteiger partial charge in [-0.15, -0.1) is 0 Å². The molecule has 0 atom stereocenters. The first-order valence-corrected chi connectivity index (χ1v) is 7.09. The van der Waals surface area contributed by atoms with Crippen molar-refractivity contribution < 1.29 is 4.39 Å². The molecule has 1 heterocycles. The molecule has 3 aromatic rings. The number of para-hydroxylation sites is 1. The number of rotatable bonds is 4. The van der Waals surface area contributed by atoms with Crippen LogP contribution in [0.15, 0.2) is 54.7 Å². The van der Waals surface area contributed by atoms with Crippen molar-refractivity contribution in [3.05, 3.63) is 76.7 Å². The average molecular weight is 301 g/mol. The van der Waals surface area contributed by atoms with Gasteiger partial charge in [0.05, 0.1) is 5.52 Å². The maximum Gasteiger partial charge on any atom is 0.129 e. The Labute approximate surface area is 127 Å². The average Bonchev–Trinajstić information content (AvgIpc) is 2.50. The highest BCUT2D eigenvalue weighted by Crippen LogP contribution is 2.17. The summed E-state index contributed by atoms with van der Waals surface area (Å²) in [6.07, 6.45) is 1.78. The van der Waals surface area contributed by atoms with Gasteiger partial charge >= 0.3 is 0 Å². The molecular weight excluding hydrogens is 287 g/mol. The fourth-order valence-corrected chi connectivity index (χ4v) is 2.47. The zero-order chi connectivity index (χ0) is 14.7. The second kappa shape index (κ2) is 6.20. The molecule has 4 heteroatoms. The summed E-state index contributed by atoms with van der Waals surface area (Å²) in [5, 5.41) is 4.76. The number of aromatic nitrogens is 1. The molecule has 0 amide bonds. The van der Waals surface area contributed by atoms with Gasteiger partial charge in [0, 0.05) is 35.3 Å². The second-order valence-corrected chi connectivity index (χ2v) is 5.27. The summed E-state index contributed by atoms with van der Waals surface area (Å²) in [6.45, 7) is 1.09. The van der Waals surface area contributed by atoms with Gasteiger partial charge in [0.25, 0.3) is 0 Å². The zero-order valence-corrected chi connectivity index (χ0v) is 12.1. The molecule has 0 aliphatic carbocycles. The maximum absolute atomic E-state index is 13.7. The lowest BCUT2D eigenvalue weighted by Gasteiger charge is -2.08. The van der Waals surface area contributed by atoms with Crippen LogP contribution in [0.4, 0.5) is 4.39 Å². The number of hydrogen-bond acceptors (Lipinski definition) is 2. The number of nitrogens with zero attached hydrogens (tertiary/aromatic N) is 1. The van der Waals surface area contributed by atoms with Crippen LogP contribution in [0.5, 0.6) is 0 Å². The van der Waals surface area contributed by atoms with Crippen molar-refractivity contribution in [2.75, 3.05) is 0 Å². The number of benzene rings is 2. The molecule has 0 spiro atoms. The van der Waals surface area contributed by atoms with E-state index in [1.807, 2.05) is 30.3 Å². The Bertz CT molecular complexity index is 768. The first kappa shape index (κ1) is 14.0. The van der Waals surface area contributed by atoms with Crippen molar-refractivity contribution in [2.24, 2.45) is 0 Å². The van der Waals surface area contributed by atoms with Gasteiger partial charge in [-0.1, -0.05) is 41.9 Å². The molecule has 1 N–H and O–H groups in total. The third kappa shape index (κ3) is 3.20. The zero-order valence-electron chi connectivity index (χ0n) is 11.3. The summed E-state index contributed by atoms with van der Waals surface area (Å²) in [4.78, 5) is 4.40. The Morgan fingerprint density at radius 3 is 2.67 bits per heavy atom. The van der Waals surface area contributed by atoms with Crippen LogP contribution in [0.25, 0.3) is 10.9 Å². The van der Waals surface area contributed by atoms with E-state index >= 15 is 0 Å². The molecule has 0 unspecified atom stereocenters. The van der Waals surface area contributed by atoms with Crippen molar-refractivity contribution >= 4 is 22.5 Å². The van der Waals surface area contributed by atoms with E-state index < -0.39 is 0 Å². The van der Waals surface area contributed by atoms with Gasteiger partial charge in [-0.3, -0.25) is 4.98 Å². The van der Waals surface area contributed by atoms with Crippen LogP contribution in [-0.4, -0.2) is 4.98 Å². The topological polar surface area (TPSA) is 24.9 Å². The van der Waals surface area contributed by atoms with Crippen LogP contribution in [0.3, 0.4) is 0 Å². The number of pyridine rings is 1. The minimum Gasteiger partial charge on any atom is -0.308 e. The lowest BCUT2D eigenvalue weighted by molar-refractivity contribution is 0.588. The molecule has 21 heavy (non-hydrogen) atoms. The van der Waals surface area contributed by atoms with Crippen molar-refractivity contribution in [1.29, 1.82) is 0 Å². The summed E-state index contributed by atoms with van der Waals surface area (Å²) in [6, 6.07) is 14.7. The quantitative estimate of drug-likeness (QED) is 0.776. The molecule has 0 radical (unpaired) electrons. The molecule has 0 saturated carbocycles. The van der Waals surface area contributed by atoms with E-state index in [9.17, 15) is 4.39 Å². The number of halogens is 2. The van der Waals surface area contributed by atoms with E-state index in [1.54, 1.807) is 18.3 Å². The number of nitrogens with one attached hydrogen (secondary N) is 1. The van der Waals surface area contributed by atoms with Gasteiger partial charge in [-0.2, -0.15) is 0 Å². The van der Waals surface area contributed by atoms with Gasteiger partial charge in [-0.05, 0) is 23.8 Å². The minimum absolute atomic E-state index is 0.286. The SMILES string of the molecule is Fc1cc(Cl)ccc1CNCc1cccc2cccnc12. The molecule has 0 fully saturated rings. The number of fused-ring (bicyclic) bond motifs is 1. The molecule has 0 aliphatic rings. The van der Waals surface area contributed by atoms with Gasteiger partial charge in [0.2, 0.25) is 0 Å². The maximum atomic E-state index is 13.7. The molecule has 0 bridgehead atoms. The molecular formula is C17H14ClFN2. The molecule has 0 saturated heterocycles. The summed E-state index contributed by atoms with van der Waals surface area (Å²) < 4.78 is 13.7. The van der Waals surface area contributed by atoms with Crippen LogP contribution < -0.4 is 5.32 Å². The van der Waals surface area contributed by atoms with Crippen LogP contribution >= 0.6 is 11.6 Å². The third-order valence-electron chi connectivity index (χ3n) is 3.36. The predicted octanol–water partition coefficient (Wildman–Crippen LogP) is 4.32. The van der Waals surface area contributed by atoms with Gasteiger partial charge in [0.1, 0.15) is 5.82 Å². The van der Waals surface area contributed by atoms with Crippen LogP contribution in [0.1, 0.15) is 11.1 Å². The van der Waals surface area contributed by atoms with E-state index in [2.05, 4.69) is 10.3 Å². The Kier molecular flexibility index (Phi) is 4.13. The Hall–Kier alpha value is -1.97. The summed E-state index contributed by atoms with van der Waals surface area (Å²) in [7, 11) is 0. The normalized spacial score (nSPS) is 11.0.